The molecule has 0 bridgehead atoms. The quantitative estimate of drug-likeness (QED) is 0.473. The summed E-state index contributed by atoms with van der Waals surface area (Å²) in [5.41, 5.74) is 1.65. The van der Waals surface area contributed by atoms with E-state index in [9.17, 15) is 9.59 Å². The van der Waals surface area contributed by atoms with E-state index in [-0.39, 0.29) is 5.81 Å². The molecule has 0 saturated carbocycles. The first-order valence-electron chi connectivity index (χ1n) is 9.01. The molecule has 5 heteroatoms. The third-order valence-electron chi connectivity index (χ3n) is 5.29. The van der Waals surface area contributed by atoms with E-state index in [0.29, 0.717) is 17.5 Å². The Kier molecular flexibility index (Phi) is 5.93. The van der Waals surface area contributed by atoms with Crippen LogP contribution in [0.5, 0.6) is 0 Å². The number of carbonyl (C=O) groups excluding carboxylic acids is 2. The number of amides is 1. The maximum atomic E-state index is 11.2. The predicted molar refractivity (Wildman–Crippen MR) is 98.7 cm³/mol. The Labute approximate surface area is 151 Å². The van der Waals surface area contributed by atoms with Gasteiger partial charge in [0.2, 0.25) is 7.85 Å². The molecule has 128 valence electrons. The van der Waals surface area contributed by atoms with Crippen LogP contribution in [0.4, 0.5) is 4.79 Å². The molecule has 2 aliphatic rings. The number of carbonyl (C=O) groups is 2. The number of rotatable bonds is 2. The van der Waals surface area contributed by atoms with Crippen molar-refractivity contribution in [2.45, 2.75) is 31.7 Å². The van der Waals surface area contributed by atoms with Crippen LogP contribution in [0.25, 0.3) is 0 Å². The fourth-order valence-corrected chi connectivity index (χ4v) is 3.69. The Hall–Kier alpha value is -2.06. The molecule has 2 fully saturated rings. The van der Waals surface area contributed by atoms with Gasteiger partial charge in [-0.05, 0) is 50.9 Å². The van der Waals surface area contributed by atoms with Crippen molar-refractivity contribution in [2.24, 2.45) is 5.92 Å². The average molecular weight is 334 g/mol. The SMILES string of the molecule is [B]C(=O)N1CCC(N2CCC(C#Cc3ccc(C=O)cc3)CC2)CC1. The molecule has 4 nitrogen and oxygen atoms in total. The first-order chi connectivity index (χ1) is 12.2. The molecule has 0 aliphatic carbocycles. The van der Waals surface area contributed by atoms with Crippen molar-refractivity contribution in [3.63, 3.8) is 0 Å². The number of nitrogens with zero attached hydrogens (tertiary/aromatic N) is 2. The van der Waals surface area contributed by atoms with E-state index in [0.717, 1.165) is 63.7 Å². The molecule has 1 amide bonds. The molecule has 2 saturated heterocycles. The Morgan fingerprint density at radius 2 is 1.68 bits per heavy atom. The standard InChI is InChI=1S/C20H23BN2O2/c21-20(25)23-13-9-19(10-14-23)22-11-7-17(8-12-22)2-1-16-3-5-18(15-24)6-4-16/h3-6,15,17,19H,7-14H2. The minimum absolute atomic E-state index is 0.298. The van der Waals surface area contributed by atoms with Crippen LogP contribution in [-0.4, -0.2) is 62.0 Å². The Bertz CT molecular complexity index is 661. The van der Waals surface area contributed by atoms with Crippen molar-refractivity contribution >= 4 is 19.9 Å². The molecule has 0 spiro atoms. The fourth-order valence-electron chi connectivity index (χ4n) is 3.69. The molecule has 25 heavy (non-hydrogen) atoms. The van der Waals surface area contributed by atoms with E-state index >= 15 is 0 Å². The van der Waals surface area contributed by atoms with Crippen molar-refractivity contribution in [2.75, 3.05) is 26.2 Å². The molecule has 0 N–H and O–H groups in total. The Morgan fingerprint density at radius 1 is 1.04 bits per heavy atom. The largest absolute Gasteiger partial charge is 0.352 e. The third-order valence-corrected chi connectivity index (χ3v) is 5.29. The van der Waals surface area contributed by atoms with E-state index in [4.69, 9.17) is 7.85 Å². The van der Waals surface area contributed by atoms with Crippen molar-refractivity contribution in [3.05, 3.63) is 35.4 Å². The zero-order valence-corrected chi connectivity index (χ0v) is 14.5. The van der Waals surface area contributed by atoms with E-state index in [1.54, 1.807) is 17.0 Å². The lowest BCUT2D eigenvalue weighted by Crippen LogP contribution is -2.48. The number of aldehydes is 1. The average Bonchev–Trinajstić information content (AvgIpc) is 2.67. The van der Waals surface area contributed by atoms with Crippen LogP contribution in [0.15, 0.2) is 24.3 Å². The van der Waals surface area contributed by atoms with Crippen LogP contribution in [-0.2, 0) is 0 Å². The highest BCUT2D eigenvalue weighted by Crippen LogP contribution is 2.23. The molecule has 2 radical (unpaired) electrons. The number of hydrogen-bond acceptors (Lipinski definition) is 3. The van der Waals surface area contributed by atoms with E-state index in [1.807, 2.05) is 12.1 Å². The Morgan fingerprint density at radius 3 is 2.24 bits per heavy atom. The minimum atomic E-state index is -0.298. The highest BCUT2D eigenvalue weighted by atomic mass is 16.1. The lowest BCUT2D eigenvalue weighted by molar-refractivity contribution is 0.0979. The smallest absolute Gasteiger partial charge is 0.200 e. The van der Waals surface area contributed by atoms with Crippen LogP contribution in [0, 0.1) is 17.8 Å². The van der Waals surface area contributed by atoms with Gasteiger partial charge >= 0.3 is 0 Å². The highest BCUT2D eigenvalue weighted by molar-refractivity contribution is 6.56. The molecule has 1 aromatic carbocycles. The van der Waals surface area contributed by atoms with Crippen LogP contribution < -0.4 is 0 Å². The summed E-state index contributed by atoms with van der Waals surface area (Å²) in [4.78, 5) is 26.2. The summed E-state index contributed by atoms with van der Waals surface area (Å²) in [5, 5.41) is 0. The molecule has 3 rings (SSSR count). The summed E-state index contributed by atoms with van der Waals surface area (Å²) in [6.45, 7) is 3.70. The fraction of sp³-hybridized carbons (Fsp3) is 0.500. The second-order valence-electron chi connectivity index (χ2n) is 6.88. The van der Waals surface area contributed by atoms with Crippen molar-refractivity contribution < 1.29 is 9.59 Å². The summed E-state index contributed by atoms with van der Waals surface area (Å²) < 4.78 is 0. The molecule has 2 aliphatic heterocycles. The molecular formula is C20H23BN2O2. The van der Waals surface area contributed by atoms with Crippen molar-refractivity contribution in [1.29, 1.82) is 0 Å². The number of hydrogen-bond donors (Lipinski definition) is 0. The van der Waals surface area contributed by atoms with Gasteiger partial charge in [-0.15, -0.1) is 0 Å². The highest BCUT2D eigenvalue weighted by Gasteiger charge is 2.28. The zero-order chi connectivity index (χ0) is 17.6. The summed E-state index contributed by atoms with van der Waals surface area (Å²) in [7, 11) is 5.35. The Balaban J connectivity index is 1.47. The zero-order valence-electron chi connectivity index (χ0n) is 14.5. The maximum Gasteiger partial charge on any atom is 0.200 e. The van der Waals surface area contributed by atoms with Crippen LogP contribution >= 0.6 is 0 Å². The molecule has 2 heterocycles. The van der Waals surface area contributed by atoms with Gasteiger partial charge in [0.1, 0.15) is 6.29 Å². The molecule has 0 aromatic heterocycles. The number of benzene rings is 1. The summed E-state index contributed by atoms with van der Waals surface area (Å²) in [6.07, 6.45) is 5.07. The van der Waals surface area contributed by atoms with Gasteiger partial charge < -0.3 is 9.80 Å². The van der Waals surface area contributed by atoms with Gasteiger partial charge in [0, 0.05) is 36.2 Å². The van der Waals surface area contributed by atoms with Crippen molar-refractivity contribution in [1.82, 2.24) is 9.80 Å². The molecule has 0 atom stereocenters. The maximum absolute atomic E-state index is 11.2. The second kappa shape index (κ2) is 8.35. The van der Waals surface area contributed by atoms with E-state index < -0.39 is 0 Å². The van der Waals surface area contributed by atoms with Gasteiger partial charge in [-0.2, -0.15) is 0 Å². The lowest BCUT2D eigenvalue weighted by Gasteiger charge is -2.41. The minimum Gasteiger partial charge on any atom is -0.352 e. The summed E-state index contributed by atoms with van der Waals surface area (Å²) >= 11 is 0. The van der Waals surface area contributed by atoms with Crippen molar-refractivity contribution in [3.8, 4) is 11.8 Å². The second-order valence-corrected chi connectivity index (χ2v) is 6.88. The summed E-state index contributed by atoms with van der Waals surface area (Å²) in [5.74, 6) is 6.76. The third kappa shape index (κ3) is 4.73. The molecule has 0 unspecified atom stereocenters. The van der Waals surface area contributed by atoms with Gasteiger partial charge in [0.05, 0.1) is 0 Å². The van der Waals surface area contributed by atoms with Gasteiger partial charge in [-0.1, -0.05) is 24.0 Å². The molecular weight excluding hydrogens is 311 g/mol. The number of piperidine rings is 2. The van der Waals surface area contributed by atoms with Gasteiger partial charge in [-0.3, -0.25) is 9.59 Å². The van der Waals surface area contributed by atoms with Crippen LogP contribution in [0.3, 0.4) is 0 Å². The molecule has 1 aromatic rings. The first-order valence-corrected chi connectivity index (χ1v) is 9.01. The van der Waals surface area contributed by atoms with Gasteiger partial charge in [-0.25, -0.2) is 0 Å². The van der Waals surface area contributed by atoms with Crippen LogP contribution in [0.1, 0.15) is 41.6 Å². The van der Waals surface area contributed by atoms with E-state index in [1.165, 1.54) is 0 Å². The van der Waals surface area contributed by atoms with Crippen LogP contribution in [0.2, 0.25) is 0 Å². The predicted octanol–water partition coefficient (Wildman–Crippen LogP) is 2.32. The van der Waals surface area contributed by atoms with Gasteiger partial charge in [0.25, 0.3) is 0 Å². The monoisotopic (exact) mass is 334 g/mol. The topological polar surface area (TPSA) is 40.6 Å². The van der Waals surface area contributed by atoms with E-state index in [2.05, 4.69) is 16.7 Å². The first kappa shape index (κ1) is 17.8. The normalized spacial score (nSPS) is 19.9. The van der Waals surface area contributed by atoms with Gasteiger partial charge in [0.15, 0.2) is 5.81 Å². The number of likely N-dealkylation sites (tertiary alicyclic amines) is 2. The lowest BCUT2D eigenvalue weighted by atomic mass is 9.93. The summed E-state index contributed by atoms with van der Waals surface area (Å²) in [6, 6.07) is 7.98.